The fourth-order valence-electron chi connectivity index (χ4n) is 1.41. The van der Waals surface area contributed by atoms with E-state index in [9.17, 15) is 8.42 Å². The normalized spacial score (nSPS) is 13.3. The molecule has 0 bridgehead atoms. The molecule has 0 saturated carbocycles. The highest BCUT2D eigenvalue weighted by molar-refractivity contribution is 7.89. The Balaban J connectivity index is 2.93. The fourth-order valence-corrected chi connectivity index (χ4v) is 2.95. The van der Waals surface area contributed by atoms with Crippen LogP contribution in [0.1, 0.15) is 18.1 Å². The van der Waals surface area contributed by atoms with Crippen LogP contribution in [-0.2, 0) is 10.0 Å². The van der Waals surface area contributed by atoms with Crippen LogP contribution in [0.4, 0.5) is 0 Å². The molecule has 18 heavy (non-hydrogen) atoms. The maximum Gasteiger partial charge on any atom is 0.240 e. The van der Waals surface area contributed by atoms with E-state index in [1.165, 1.54) is 0 Å². The minimum absolute atomic E-state index is 0.167. The number of thiocarbonyl (C=S) groups is 1. The minimum atomic E-state index is -3.51. The van der Waals surface area contributed by atoms with Crippen molar-refractivity contribution in [3.05, 3.63) is 29.3 Å². The van der Waals surface area contributed by atoms with Gasteiger partial charge in [-0.2, -0.15) is 0 Å². The van der Waals surface area contributed by atoms with Crippen LogP contribution >= 0.6 is 12.2 Å². The average molecular weight is 286 g/mol. The molecule has 0 radical (unpaired) electrons. The third kappa shape index (κ3) is 3.76. The standard InChI is InChI=1S/C12H18N2O2S2/c1-8-4-5-9(2)11(6-8)18(15,16)14-7-10(3)12(13)17/h4-6,10,14H,7H2,1-3H3,(H2,13,17). The summed E-state index contributed by atoms with van der Waals surface area (Å²) in [5, 5.41) is 0. The highest BCUT2D eigenvalue weighted by Gasteiger charge is 2.18. The van der Waals surface area contributed by atoms with Crippen LogP contribution in [0.25, 0.3) is 0 Å². The van der Waals surface area contributed by atoms with Gasteiger partial charge in [-0.1, -0.05) is 31.3 Å². The molecule has 3 N–H and O–H groups in total. The first kappa shape index (κ1) is 15.1. The molecule has 1 rings (SSSR count). The number of aryl methyl sites for hydroxylation is 2. The Morgan fingerprint density at radius 3 is 2.61 bits per heavy atom. The molecule has 0 aliphatic rings. The molecule has 1 unspecified atom stereocenters. The van der Waals surface area contributed by atoms with Gasteiger partial charge in [0.1, 0.15) is 0 Å². The van der Waals surface area contributed by atoms with Gasteiger partial charge in [-0.15, -0.1) is 0 Å². The van der Waals surface area contributed by atoms with E-state index in [1.54, 1.807) is 26.0 Å². The Morgan fingerprint density at radius 1 is 1.44 bits per heavy atom. The van der Waals surface area contributed by atoms with E-state index in [2.05, 4.69) is 4.72 Å². The summed E-state index contributed by atoms with van der Waals surface area (Å²) in [5.74, 6) is -0.167. The van der Waals surface area contributed by atoms with E-state index in [0.29, 0.717) is 9.88 Å². The zero-order chi connectivity index (χ0) is 13.9. The SMILES string of the molecule is Cc1ccc(C)c(S(=O)(=O)NCC(C)C(N)=S)c1. The molecule has 0 aromatic heterocycles. The second kappa shape index (κ2) is 5.77. The lowest BCUT2D eigenvalue weighted by Crippen LogP contribution is -2.34. The van der Waals surface area contributed by atoms with Crippen LogP contribution in [0.2, 0.25) is 0 Å². The molecule has 0 amide bonds. The van der Waals surface area contributed by atoms with Crippen LogP contribution in [0, 0.1) is 19.8 Å². The van der Waals surface area contributed by atoms with Crippen molar-refractivity contribution >= 4 is 27.2 Å². The zero-order valence-corrected chi connectivity index (χ0v) is 12.4. The van der Waals surface area contributed by atoms with Crippen molar-refractivity contribution in [1.29, 1.82) is 0 Å². The Hall–Kier alpha value is -0.980. The largest absolute Gasteiger partial charge is 0.393 e. The summed E-state index contributed by atoms with van der Waals surface area (Å²) in [4.78, 5) is 0.608. The lowest BCUT2D eigenvalue weighted by Gasteiger charge is -2.13. The van der Waals surface area contributed by atoms with E-state index < -0.39 is 10.0 Å². The molecule has 0 aliphatic heterocycles. The molecule has 0 spiro atoms. The van der Waals surface area contributed by atoms with Crippen molar-refractivity contribution in [3.8, 4) is 0 Å². The number of sulfonamides is 1. The molecule has 4 nitrogen and oxygen atoms in total. The molecule has 6 heteroatoms. The Kier molecular flexibility index (Phi) is 4.84. The number of nitrogens with two attached hydrogens (primary N) is 1. The molecule has 100 valence electrons. The highest BCUT2D eigenvalue weighted by atomic mass is 32.2. The van der Waals surface area contributed by atoms with E-state index in [1.807, 2.05) is 13.0 Å². The van der Waals surface area contributed by atoms with Gasteiger partial charge >= 0.3 is 0 Å². The van der Waals surface area contributed by atoms with E-state index in [-0.39, 0.29) is 12.5 Å². The number of hydrogen-bond acceptors (Lipinski definition) is 3. The van der Waals surface area contributed by atoms with Crippen molar-refractivity contribution in [2.75, 3.05) is 6.54 Å². The van der Waals surface area contributed by atoms with Gasteiger partial charge in [0.25, 0.3) is 0 Å². The second-order valence-corrected chi connectivity index (χ2v) is 6.63. The molecule has 0 saturated heterocycles. The number of hydrogen-bond donors (Lipinski definition) is 2. The van der Waals surface area contributed by atoms with Gasteiger partial charge in [-0.05, 0) is 31.0 Å². The summed E-state index contributed by atoms with van der Waals surface area (Å²) >= 11 is 4.81. The van der Waals surface area contributed by atoms with Gasteiger partial charge in [-0.25, -0.2) is 13.1 Å². The van der Waals surface area contributed by atoms with Crippen molar-refractivity contribution in [3.63, 3.8) is 0 Å². The summed E-state index contributed by atoms with van der Waals surface area (Å²) in [6, 6.07) is 5.33. The minimum Gasteiger partial charge on any atom is -0.393 e. The molecule has 0 fully saturated rings. The monoisotopic (exact) mass is 286 g/mol. The smallest absolute Gasteiger partial charge is 0.240 e. The third-order valence-electron chi connectivity index (χ3n) is 2.70. The lowest BCUT2D eigenvalue weighted by atomic mass is 10.2. The van der Waals surface area contributed by atoms with Crippen molar-refractivity contribution in [2.24, 2.45) is 11.7 Å². The van der Waals surface area contributed by atoms with Crippen molar-refractivity contribution in [1.82, 2.24) is 4.72 Å². The number of rotatable bonds is 5. The van der Waals surface area contributed by atoms with Crippen LogP contribution in [-0.4, -0.2) is 20.0 Å². The molecule has 1 atom stereocenters. The number of benzene rings is 1. The van der Waals surface area contributed by atoms with Gasteiger partial charge < -0.3 is 5.73 Å². The molecule has 0 heterocycles. The Bertz CT molecular complexity index is 553. The molecule has 1 aromatic carbocycles. The highest BCUT2D eigenvalue weighted by Crippen LogP contribution is 2.16. The van der Waals surface area contributed by atoms with E-state index in [0.717, 1.165) is 11.1 Å². The molecule has 0 aliphatic carbocycles. The van der Waals surface area contributed by atoms with Gasteiger partial charge in [0.15, 0.2) is 0 Å². The summed E-state index contributed by atoms with van der Waals surface area (Å²) in [6.45, 7) is 5.63. The van der Waals surface area contributed by atoms with Crippen LogP contribution in [0.5, 0.6) is 0 Å². The first-order chi connectivity index (χ1) is 8.24. The summed E-state index contributed by atoms with van der Waals surface area (Å²) in [5.41, 5.74) is 7.08. The predicted octanol–water partition coefficient (Wildman–Crippen LogP) is 1.50. The lowest BCUT2D eigenvalue weighted by molar-refractivity contribution is 0.574. The van der Waals surface area contributed by atoms with Gasteiger partial charge in [0.2, 0.25) is 10.0 Å². The Morgan fingerprint density at radius 2 is 2.06 bits per heavy atom. The summed E-state index contributed by atoms with van der Waals surface area (Å²) in [7, 11) is -3.51. The van der Waals surface area contributed by atoms with E-state index in [4.69, 9.17) is 18.0 Å². The van der Waals surface area contributed by atoms with Crippen LogP contribution in [0.15, 0.2) is 23.1 Å². The quantitative estimate of drug-likeness (QED) is 0.805. The zero-order valence-electron chi connectivity index (χ0n) is 10.7. The first-order valence-electron chi connectivity index (χ1n) is 5.60. The fraction of sp³-hybridized carbons (Fsp3) is 0.417. The molecular weight excluding hydrogens is 268 g/mol. The van der Waals surface area contributed by atoms with Gasteiger partial charge in [-0.3, -0.25) is 0 Å². The van der Waals surface area contributed by atoms with Crippen molar-refractivity contribution < 1.29 is 8.42 Å². The maximum atomic E-state index is 12.1. The van der Waals surface area contributed by atoms with Crippen LogP contribution < -0.4 is 10.5 Å². The number of nitrogens with one attached hydrogen (secondary N) is 1. The van der Waals surface area contributed by atoms with Gasteiger partial charge in [0, 0.05) is 12.5 Å². The molecule has 1 aromatic rings. The Labute approximate surface area is 114 Å². The van der Waals surface area contributed by atoms with E-state index >= 15 is 0 Å². The molecular formula is C12H18N2O2S2. The third-order valence-corrected chi connectivity index (χ3v) is 4.67. The topological polar surface area (TPSA) is 72.2 Å². The first-order valence-corrected chi connectivity index (χ1v) is 7.49. The predicted molar refractivity (Wildman–Crippen MR) is 77.1 cm³/mol. The average Bonchev–Trinajstić information content (AvgIpc) is 2.29. The summed E-state index contributed by atoms with van der Waals surface area (Å²) < 4.78 is 26.8. The van der Waals surface area contributed by atoms with Crippen molar-refractivity contribution in [2.45, 2.75) is 25.7 Å². The second-order valence-electron chi connectivity index (χ2n) is 4.42. The maximum absolute atomic E-state index is 12.1. The summed E-state index contributed by atoms with van der Waals surface area (Å²) in [6.07, 6.45) is 0. The van der Waals surface area contributed by atoms with Gasteiger partial charge in [0.05, 0.1) is 9.88 Å². The van der Waals surface area contributed by atoms with Crippen LogP contribution in [0.3, 0.4) is 0 Å².